The van der Waals surface area contributed by atoms with Crippen molar-refractivity contribution in [2.45, 2.75) is 37.5 Å². The molecule has 2 atom stereocenters. The summed E-state index contributed by atoms with van der Waals surface area (Å²) in [7, 11) is 0. The largest absolute Gasteiger partial charge is 0.313 e. The number of nitrogens with one attached hydrogen (secondary N) is 1. The van der Waals surface area contributed by atoms with Crippen LogP contribution in [0.25, 0.3) is 0 Å². The van der Waals surface area contributed by atoms with E-state index in [-0.39, 0.29) is 5.82 Å². The van der Waals surface area contributed by atoms with Crippen LogP contribution in [-0.2, 0) is 6.42 Å². The zero-order chi connectivity index (χ0) is 13.0. The molecule has 0 aromatic heterocycles. The van der Waals surface area contributed by atoms with Crippen molar-refractivity contribution in [3.63, 3.8) is 0 Å². The molecular formula is C14H19ClFNS. The molecule has 0 bridgehead atoms. The first-order valence-corrected chi connectivity index (χ1v) is 7.92. The van der Waals surface area contributed by atoms with E-state index in [0.717, 1.165) is 18.5 Å². The van der Waals surface area contributed by atoms with Gasteiger partial charge in [0.25, 0.3) is 0 Å². The van der Waals surface area contributed by atoms with Crippen molar-refractivity contribution >= 4 is 23.4 Å². The minimum Gasteiger partial charge on any atom is -0.313 e. The molecule has 18 heavy (non-hydrogen) atoms. The van der Waals surface area contributed by atoms with Crippen molar-refractivity contribution in [2.75, 3.05) is 12.3 Å². The average molecular weight is 288 g/mol. The predicted octanol–water partition coefficient (Wildman–Crippen LogP) is 3.90. The van der Waals surface area contributed by atoms with Crippen LogP contribution >= 0.6 is 23.4 Å². The van der Waals surface area contributed by atoms with Gasteiger partial charge in [-0.2, -0.15) is 11.8 Å². The Hall–Kier alpha value is -0.250. The van der Waals surface area contributed by atoms with Crippen molar-refractivity contribution in [3.05, 3.63) is 34.6 Å². The van der Waals surface area contributed by atoms with Gasteiger partial charge in [-0.25, -0.2) is 4.39 Å². The zero-order valence-corrected chi connectivity index (χ0v) is 12.2. The fourth-order valence-corrected chi connectivity index (χ4v) is 4.04. The summed E-state index contributed by atoms with van der Waals surface area (Å²) in [6.45, 7) is 3.02. The van der Waals surface area contributed by atoms with Gasteiger partial charge in [-0.15, -0.1) is 0 Å². The average Bonchev–Trinajstić information content (AvgIpc) is 2.87. The second-order valence-electron chi connectivity index (χ2n) is 4.66. The smallest absolute Gasteiger partial charge is 0.126 e. The van der Waals surface area contributed by atoms with Crippen molar-refractivity contribution in [1.82, 2.24) is 5.32 Å². The third-order valence-corrected chi connectivity index (χ3v) is 5.08. The van der Waals surface area contributed by atoms with Crippen molar-refractivity contribution in [2.24, 2.45) is 0 Å². The van der Waals surface area contributed by atoms with Crippen LogP contribution in [0.4, 0.5) is 4.39 Å². The molecule has 1 N–H and O–H groups in total. The molecule has 100 valence electrons. The third kappa shape index (κ3) is 3.62. The Morgan fingerprint density at radius 1 is 1.56 bits per heavy atom. The minimum absolute atomic E-state index is 0.148. The monoisotopic (exact) mass is 287 g/mol. The van der Waals surface area contributed by atoms with Crippen LogP contribution in [0.1, 0.15) is 25.3 Å². The summed E-state index contributed by atoms with van der Waals surface area (Å²) in [5.41, 5.74) is 0.723. The van der Waals surface area contributed by atoms with Crippen LogP contribution in [0, 0.1) is 5.82 Å². The maximum Gasteiger partial charge on any atom is 0.126 e. The molecule has 1 fully saturated rings. The quantitative estimate of drug-likeness (QED) is 0.882. The number of hydrogen-bond donors (Lipinski definition) is 1. The molecule has 4 heteroatoms. The lowest BCUT2D eigenvalue weighted by atomic mass is 10.0. The number of halogens is 2. The van der Waals surface area contributed by atoms with E-state index in [1.807, 2.05) is 11.8 Å². The standard InChI is InChI=1S/C14H19ClFNS/c1-2-17-13(14-4-3-7-18-14)9-10-8-11(15)5-6-12(10)16/h5-6,8,13-14,17H,2-4,7,9H2,1H3. The molecule has 0 aliphatic carbocycles. The van der Waals surface area contributed by atoms with Crippen LogP contribution in [-0.4, -0.2) is 23.6 Å². The Bertz CT molecular complexity index is 393. The number of thioether (sulfide) groups is 1. The van der Waals surface area contributed by atoms with E-state index in [1.165, 1.54) is 24.7 Å². The second-order valence-corrected chi connectivity index (χ2v) is 6.44. The molecule has 1 aliphatic rings. The van der Waals surface area contributed by atoms with E-state index >= 15 is 0 Å². The molecule has 0 amide bonds. The first-order chi connectivity index (χ1) is 8.70. The lowest BCUT2D eigenvalue weighted by Gasteiger charge is -2.24. The number of hydrogen-bond acceptors (Lipinski definition) is 2. The molecule has 0 radical (unpaired) electrons. The van der Waals surface area contributed by atoms with Crippen LogP contribution in [0.5, 0.6) is 0 Å². The summed E-state index contributed by atoms with van der Waals surface area (Å²) in [5, 5.41) is 4.70. The van der Waals surface area contributed by atoms with E-state index in [2.05, 4.69) is 12.2 Å². The van der Waals surface area contributed by atoms with Crippen LogP contribution < -0.4 is 5.32 Å². The van der Waals surface area contributed by atoms with E-state index in [1.54, 1.807) is 12.1 Å². The van der Waals surface area contributed by atoms with E-state index in [4.69, 9.17) is 11.6 Å². The number of benzene rings is 1. The van der Waals surface area contributed by atoms with Crippen LogP contribution in [0.3, 0.4) is 0 Å². The van der Waals surface area contributed by atoms with E-state index in [9.17, 15) is 4.39 Å². The Balaban J connectivity index is 2.09. The first-order valence-electron chi connectivity index (χ1n) is 6.49. The van der Waals surface area contributed by atoms with Crippen molar-refractivity contribution in [1.29, 1.82) is 0 Å². The molecule has 1 nitrogen and oxygen atoms in total. The van der Waals surface area contributed by atoms with Crippen molar-refractivity contribution < 1.29 is 4.39 Å². The summed E-state index contributed by atoms with van der Waals surface area (Å²) in [4.78, 5) is 0. The summed E-state index contributed by atoms with van der Waals surface area (Å²) < 4.78 is 13.8. The SMILES string of the molecule is CCNC(Cc1cc(Cl)ccc1F)C1CCCS1. The second kappa shape index (κ2) is 6.78. The van der Waals surface area contributed by atoms with Gasteiger partial charge in [0.15, 0.2) is 0 Å². The van der Waals surface area contributed by atoms with Gasteiger partial charge in [0, 0.05) is 16.3 Å². The summed E-state index contributed by atoms with van der Waals surface area (Å²) in [6.07, 6.45) is 3.22. The third-order valence-electron chi connectivity index (χ3n) is 3.33. The van der Waals surface area contributed by atoms with Gasteiger partial charge < -0.3 is 5.32 Å². The Morgan fingerprint density at radius 2 is 2.39 bits per heavy atom. The predicted molar refractivity (Wildman–Crippen MR) is 78.1 cm³/mol. The number of likely N-dealkylation sites (N-methyl/N-ethyl adjacent to an activating group) is 1. The highest BCUT2D eigenvalue weighted by Crippen LogP contribution is 2.30. The Morgan fingerprint density at radius 3 is 3.06 bits per heavy atom. The number of rotatable bonds is 5. The molecule has 1 saturated heterocycles. The molecule has 1 heterocycles. The lowest BCUT2D eigenvalue weighted by Crippen LogP contribution is -2.39. The normalized spacial score (nSPS) is 21.2. The lowest BCUT2D eigenvalue weighted by molar-refractivity contribution is 0.484. The fraction of sp³-hybridized carbons (Fsp3) is 0.571. The maximum absolute atomic E-state index is 13.8. The Kier molecular flexibility index (Phi) is 5.34. The first kappa shape index (κ1) is 14.2. The highest BCUT2D eigenvalue weighted by Gasteiger charge is 2.25. The van der Waals surface area contributed by atoms with Gasteiger partial charge in [-0.3, -0.25) is 0 Å². The summed E-state index contributed by atoms with van der Waals surface area (Å²) in [6, 6.07) is 5.16. The van der Waals surface area contributed by atoms with Gasteiger partial charge in [0.05, 0.1) is 0 Å². The van der Waals surface area contributed by atoms with Gasteiger partial charge in [-0.1, -0.05) is 18.5 Å². The van der Waals surface area contributed by atoms with Crippen LogP contribution in [0.15, 0.2) is 18.2 Å². The molecule has 1 aromatic rings. The fourth-order valence-electron chi connectivity index (χ4n) is 2.45. The van der Waals surface area contributed by atoms with Gasteiger partial charge in [0.2, 0.25) is 0 Å². The molecule has 2 rings (SSSR count). The van der Waals surface area contributed by atoms with E-state index < -0.39 is 0 Å². The summed E-state index contributed by atoms with van der Waals surface area (Å²) in [5.74, 6) is 1.08. The van der Waals surface area contributed by atoms with Crippen LogP contribution in [0.2, 0.25) is 5.02 Å². The highest BCUT2D eigenvalue weighted by atomic mass is 35.5. The minimum atomic E-state index is -0.148. The summed E-state index contributed by atoms with van der Waals surface area (Å²) >= 11 is 7.95. The zero-order valence-electron chi connectivity index (χ0n) is 10.6. The van der Waals surface area contributed by atoms with E-state index in [0.29, 0.717) is 16.3 Å². The van der Waals surface area contributed by atoms with Gasteiger partial charge in [0.1, 0.15) is 5.82 Å². The molecule has 2 unspecified atom stereocenters. The topological polar surface area (TPSA) is 12.0 Å². The Labute approximate surface area is 117 Å². The molecule has 0 saturated carbocycles. The molecule has 1 aromatic carbocycles. The molecular weight excluding hydrogens is 269 g/mol. The molecule has 1 aliphatic heterocycles. The highest BCUT2D eigenvalue weighted by molar-refractivity contribution is 8.00. The van der Waals surface area contributed by atoms with Crippen molar-refractivity contribution in [3.8, 4) is 0 Å². The molecule has 0 spiro atoms. The van der Waals surface area contributed by atoms with Gasteiger partial charge >= 0.3 is 0 Å². The van der Waals surface area contributed by atoms with Gasteiger partial charge in [-0.05, 0) is 55.3 Å². The maximum atomic E-state index is 13.8.